The Morgan fingerprint density at radius 1 is 1.14 bits per heavy atom. The van der Waals surface area contributed by atoms with Crippen LogP contribution in [-0.2, 0) is 11.8 Å². The van der Waals surface area contributed by atoms with Crippen LogP contribution in [0, 0.1) is 0 Å². The molecule has 0 aliphatic rings. The summed E-state index contributed by atoms with van der Waals surface area (Å²) in [6, 6.07) is 14.2. The van der Waals surface area contributed by atoms with Crippen LogP contribution in [0.1, 0.15) is 17.3 Å². The van der Waals surface area contributed by atoms with Crippen LogP contribution in [0.5, 0.6) is 5.75 Å². The summed E-state index contributed by atoms with van der Waals surface area (Å²) in [7, 11) is 1.83. The van der Waals surface area contributed by atoms with Crippen molar-refractivity contribution in [3.05, 3.63) is 54.1 Å². The zero-order valence-corrected chi connectivity index (χ0v) is 16.9. The van der Waals surface area contributed by atoms with Gasteiger partial charge in [-0.2, -0.15) is 0 Å². The molecule has 0 radical (unpaired) electrons. The minimum atomic E-state index is -0.598. The number of hydrogen-bond acceptors (Lipinski definition) is 6. The van der Waals surface area contributed by atoms with Gasteiger partial charge in [-0.15, -0.1) is 10.2 Å². The topological polar surface area (TPSA) is 112 Å². The summed E-state index contributed by atoms with van der Waals surface area (Å²) in [4.78, 5) is 23.8. The Morgan fingerprint density at radius 2 is 1.86 bits per heavy atom. The van der Waals surface area contributed by atoms with E-state index < -0.39 is 5.91 Å². The zero-order chi connectivity index (χ0) is 20.8. The van der Waals surface area contributed by atoms with Gasteiger partial charge in [0.25, 0.3) is 5.91 Å². The Balaban J connectivity index is 1.70. The van der Waals surface area contributed by atoms with E-state index in [0.29, 0.717) is 23.3 Å². The fourth-order valence-corrected chi connectivity index (χ4v) is 3.44. The van der Waals surface area contributed by atoms with Crippen molar-refractivity contribution in [2.45, 2.75) is 12.1 Å². The molecule has 29 heavy (non-hydrogen) atoms. The van der Waals surface area contributed by atoms with Gasteiger partial charge in [0, 0.05) is 7.05 Å². The lowest BCUT2D eigenvalue weighted by molar-refractivity contribution is -0.113. The number of nitrogens with one attached hydrogen (secondary N) is 1. The van der Waals surface area contributed by atoms with Gasteiger partial charge in [0.1, 0.15) is 5.75 Å². The van der Waals surface area contributed by atoms with E-state index in [-0.39, 0.29) is 17.2 Å². The Morgan fingerprint density at radius 3 is 2.62 bits per heavy atom. The molecule has 3 aromatic rings. The van der Waals surface area contributed by atoms with Crippen molar-refractivity contribution in [3.63, 3.8) is 0 Å². The van der Waals surface area contributed by atoms with Gasteiger partial charge in [0.05, 0.1) is 29.2 Å². The normalized spacial score (nSPS) is 10.6. The maximum absolute atomic E-state index is 12.3. The summed E-state index contributed by atoms with van der Waals surface area (Å²) < 4.78 is 7.47. The van der Waals surface area contributed by atoms with E-state index in [2.05, 4.69) is 15.5 Å². The fourth-order valence-electron chi connectivity index (χ4n) is 2.73. The summed E-state index contributed by atoms with van der Waals surface area (Å²) in [5.41, 5.74) is 6.82. The Hall–Kier alpha value is -3.33. The first-order valence-electron chi connectivity index (χ1n) is 8.94. The molecule has 0 unspecified atom stereocenters. The second-order valence-electron chi connectivity index (χ2n) is 6.04. The lowest BCUT2D eigenvalue weighted by Crippen LogP contribution is -2.19. The molecule has 0 fully saturated rings. The van der Waals surface area contributed by atoms with Gasteiger partial charge in [0.2, 0.25) is 5.91 Å². The SMILES string of the molecule is CCOc1ccccc1-c1nnc(SCC(=O)Nc2ccccc2C(N)=O)n1C. The van der Waals surface area contributed by atoms with E-state index in [0.717, 1.165) is 11.3 Å². The highest BCUT2D eigenvalue weighted by Crippen LogP contribution is 2.30. The van der Waals surface area contributed by atoms with Gasteiger partial charge in [0.15, 0.2) is 11.0 Å². The van der Waals surface area contributed by atoms with E-state index in [9.17, 15) is 9.59 Å². The molecule has 1 heterocycles. The van der Waals surface area contributed by atoms with Crippen LogP contribution in [0.25, 0.3) is 11.4 Å². The van der Waals surface area contributed by atoms with Crippen molar-refractivity contribution in [3.8, 4) is 17.1 Å². The molecule has 150 valence electrons. The molecule has 1 aromatic heterocycles. The smallest absolute Gasteiger partial charge is 0.250 e. The van der Waals surface area contributed by atoms with Crippen LogP contribution in [0.15, 0.2) is 53.7 Å². The standard InChI is InChI=1S/C20H21N5O3S/c1-3-28-16-11-7-5-9-14(16)19-23-24-20(25(19)2)29-12-17(26)22-15-10-6-4-8-13(15)18(21)27/h4-11H,3,12H2,1-2H3,(H2,21,27)(H,22,26). The molecule has 0 atom stereocenters. The van der Waals surface area contributed by atoms with E-state index >= 15 is 0 Å². The molecular weight excluding hydrogens is 390 g/mol. The lowest BCUT2D eigenvalue weighted by Gasteiger charge is -2.10. The molecule has 2 amide bonds. The maximum atomic E-state index is 12.3. The number of para-hydroxylation sites is 2. The van der Waals surface area contributed by atoms with Crippen LogP contribution in [0.3, 0.4) is 0 Å². The Labute approximate surface area is 172 Å². The van der Waals surface area contributed by atoms with Gasteiger partial charge in [-0.05, 0) is 31.2 Å². The molecule has 0 aliphatic carbocycles. The van der Waals surface area contributed by atoms with Crippen LogP contribution >= 0.6 is 11.8 Å². The molecule has 3 N–H and O–H groups in total. The first kappa shape index (κ1) is 20.4. The predicted octanol–water partition coefficient (Wildman–Crippen LogP) is 2.71. The van der Waals surface area contributed by atoms with Crippen LogP contribution in [0.4, 0.5) is 5.69 Å². The van der Waals surface area contributed by atoms with Crippen molar-refractivity contribution >= 4 is 29.3 Å². The minimum absolute atomic E-state index is 0.103. The average Bonchev–Trinajstić information content (AvgIpc) is 3.07. The summed E-state index contributed by atoms with van der Waals surface area (Å²) in [5.74, 6) is 0.605. The molecule has 0 saturated heterocycles. The van der Waals surface area contributed by atoms with E-state index in [4.69, 9.17) is 10.5 Å². The molecule has 3 rings (SSSR count). The van der Waals surface area contributed by atoms with Crippen LogP contribution < -0.4 is 15.8 Å². The zero-order valence-electron chi connectivity index (χ0n) is 16.1. The number of ether oxygens (including phenoxy) is 1. The van der Waals surface area contributed by atoms with Crippen LogP contribution in [-0.4, -0.2) is 38.9 Å². The third-order valence-electron chi connectivity index (χ3n) is 4.06. The van der Waals surface area contributed by atoms with E-state index in [1.165, 1.54) is 11.8 Å². The number of primary amides is 1. The second-order valence-corrected chi connectivity index (χ2v) is 6.98. The van der Waals surface area contributed by atoms with Gasteiger partial charge in [-0.1, -0.05) is 36.0 Å². The van der Waals surface area contributed by atoms with Gasteiger partial charge in [-0.25, -0.2) is 0 Å². The molecular formula is C20H21N5O3S. The molecule has 0 aliphatic heterocycles. The van der Waals surface area contributed by atoms with Crippen molar-refractivity contribution < 1.29 is 14.3 Å². The predicted molar refractivity (Wildman–Crippen MR) is 112 cm³/mol. The Kier molecular flexibility index (Phi) is 6.50. The van der Waals surface area contributed by atoms with E-state index in [1.807, 2.05) is 42.8 Å². The van der Waals surface area contributed by atoms with Gasteiger partial charge < -0.3 is 20.4 Å². The second kappa shape index (κ2) is 9.24. The highest BCUT2D eigenvalue weighted by Gasteiger charge is 2.17. The molecule has 2 aromatic carbocycles. The molecule has 9 heteroatoms. The summed E-state index contributed by atoms with van der Waals surface area (Å²) in [6.07, 6.45) is 0. The fraction of sp³-hybridized carbons (Fsp3) is 0.200. The first-order chi connectivity index (χ1) is 14.0. The van der Waals surface area contributed by atoms with Gasteiger partial charge in [-0.3, -0.25) is 9.59 Å². The number of carbonyl (C=O) groups excluding carboxylic acids is 2. The minimum Gasteiger partial charge on any atom is -0.493 e. The third kappa shape index (κ3) is 4.75. The van der Waals surface area contributed by atoms with Crippen LogP contribution in [0.2, 0.25) is 0 Å². The number of rotatable bonds is 8. The molecule has 8 nitrogen and oxygen atoms in total. The monoisotopic (exact) mass is 411 g/mol. The number of hydrogen-bond donors (Lipinski definition) is 2. The lowest BCUT2D eigenvalue weighted by atomic mass is 10.1. The molecule has 0 spiro atoms. The quantitative estimate of drug-likeness (QED) is 0.551. The Bertz CT molecular complexity index is 1030. The van der Waals surface area contributed by atoms with Crippen molar-refractivity contribution in [1.29, 1.82) is 0 Å². The number of nitrogens with two attached hydrogens (primary N) is 1. The maximum Gasteiger partial charge on any atom is 0.250 e. The third-order valence-corrected chi connectivity index (χ3v) is 5.08. The van der Waals surface area contributed by atoms with Gasteiger partial charge >= 0.3 is 0 Å². The number of benzene rings is 2. The van der Waals surface area contributed by atoms with Crippen molar-refractivity contribution in [2.24, 2.45) is 12.8 Å². The summed E-state index contributed by atoms with van der Waals surface area (Å²) >= 11 is 1.24. The average molecular weight is 411 g/mol. The highest BCUT2D eigenvalue weighted by molar-refractivity contribution is 7.99. The van der Waals surface area contributed by atoms with Crippen molar-refractivity contribution in [1.82, 2.24) is 14.8 Å². The number of amides is 2. The number of aromatic nitrogens is 3. The van der Waals surface area contributed by atoms with Crippen molar-refractivity contribution in [2.75, 3.05) is 17.7 Å². The van der Waals surface area contributed by atoms with E-state index in [1.54, 1.807) is 24.3 Å². The highest BCUT2D eigenvalue weighted by atomic mass is 32.2. The molecule has 0 saturated carbocycles. The summed E-state index contributed by atoms with van der Waals surface area (Å²) in [6.45, 7) is 2.47. The number of anilines is 1. The molecule has 0 bridgehead atoms. The largest absolute Gasteiger partial charge is 0.493 e. The number of thioether (sulfide) groups is 1. The number of nitrogens with zero attached hydrogens (tertiary/aromatic N) is 3. The first-order valence-corrected chi connectivity index (χ1v) is 9.93. The summed E-state index contributed by atoms with van der Waals surface area (Å²) in [5, 5.41) is 11.7. The number of carbonyl (C=O) groups is 2.